The Balaban J connectivity index is 2.02. The van der Waals surface area contributed by atoms with Gasteiger partial charge in [-0.3, -0.25) is 0 Å². The smallest absolute Gasteiger partial charge is 0.0133 e. The summed E-state index contributed by atoms with van der Waals surface area (Å²) in [5, 5.41) is 0.779. The van der Waals surface area contributed by atoms with Crippen molar-refractivity contribution in [2.45, 2.75) is 36.8 Å². The SMILES string of the molecule is Cc1cccc(SC2CCCN(C)CC2C)c1. The molecule has 2 unspecified atom stereocenters. The zero-order valence-corrected chi connectivity index (χ0v) is 12.0. The third kappa shape index (κ3) is 3.75. The maximum atomic E-state index is 2.47. The zero-order chi connectivity index (χ0) is 12.3. The summed E-state index contributed by atoms with van der Waals surface area (Å²) < 4.78 is 0. The lowest BCUT2D eigenvalue weighted by atomic mass is 10.1. The minimum Gasteiger partial charge on any atom is -0.306 e. The van der Waals surface area contributed by atoms with Crippen molar-refractivity contribution in [3.05, 3.63) is 29.8 Å². The number of nitrogens with zero attached hydrogens (tertiary/aromatic N) is 1. The highest BCUT2D eigenvalue weighted by atomic mass is 32.2. The van der Waals surface area contributed by atoms with Crippen LogP contribution in [0.2, 0.25) is 0 Å². The Bertz CT molecular complexity index is 364. The van der Waals surface area contributed by atoms with Gasteiger partial charge in [-0.15, -0.1) is 11.8 Å². The first-order valence-corrected chi connectivity index (χ1v) is 7.45. The number of hydrogen-bond acceptors (Lipinski definition) is 2. The molecule has 0 aliphatic carbocycles. The standard InChI is InChI=1S/C15H23NS/c1-12-6-4-7-14(10-12)17-15-8-5-9-16(3)11-13(15)2/h4,6-7,10,13,15H,5,8-9,11H2,1-3H3. The first-order valence-electron chi connectivity index (χ1n) is 6.57. The van der Waals surface area contributed by atoms with Gasteiger partial charge in [-0.25, -0.2) is 0 Å². The molecule has 17 heavy (non-hydrogen) atoms. The average Bonchev–Trinajstić information content (AvgIpc) is 2.41. The predicted molar refractivity (Wildman–Crippen MR) is 76.7 cm³/mol. The largest absolute Gasteiger partial charge is 0.306 e. The van der Waals surface area contributed by atoms with Gasteiger partial charge in [0.2, 0.25) is 0 Å². The lowest BCUT2D eigenvalue weighted by molar-refractivity contribution is 0.312. The lowest BCUT2D eigenvalue weighted by Gasteiger charge is -2.22. The van der Waals surface area contributed by atoms with Gasteiger partial charge in [0.05, 0.1) is 0 Å². The normalized spacial score (nSPS) is 26.8. The van der Waals surface area contributed by atoms with Crippen molar-refractivity contribution >= 4 is 11.8 Å². The molecule has 0 spiro atoms. The molecule has 1 aromatic carbocycles. The van der Waals surface area contributed by atoms with E-state index in [1.165, 1.54) is 36.4 Å². The molecule has 1 aromatic rings. The molecule has 0 aromatic heterocycles. The van der Waals surface area contributed by atoms with E-state index in [9.17, 15) is 0 Å². The fourth-order valence-electron chi connectivity index (χ4n) is 2.59. The molecule has 1 aliphatic heterocycles. The van der Waals surface area contributed by atoms with Gasteiger partial charge >= 0.3 is 0 Å². The average molecular weight is 249 g/mol. The van der Waals surface area contributed by atoms with Crippen molar-refractivity contribution < 1.29 is 0 Å². The summed E-state index contributed by atoms with van der Waals surface area (Å²) in [5.41, 5.74) is 1.37. The third-order valence-corrected chi connectivity index (χ3v) is 5.07. The Morgan fingerprint density at radius 3 is 2.94 bits per heavy atom. The molecule has 1 saturated heterocycles. The second-order valence-corrected chi connectivity index (χ2v) is 6.67. The molecular formula is C15H23NS. The summed E-state index contributed by atoms with van der Waals surface area (Å²) in [6.45, 7) is 7.07. The van der Waals surface area contributed by atoms with Crippen molar-refractivity contribution in [2.24, 2.45) is 5.92 Å². The Morgan fingerprint density at radius 2 is 2.18 bits per heavy atom. The molecule has 2 rings (SSSR count). The predicted octanol–water partition coefficient (Wildman–Crippen LogP) is 3.82. The van der Waals surface area contributed by atoms with Crippen LogP contribution in [-0.2, 0) is 0 Å². The summed E-state index contributed by atoms with van der Waals surface area (Å²) in [7, 11) is 2.25. The fraction of sp³-hybridized carbons (Fsp3) is 0.600. The molecule has 94 valence electrons. The van der Waals surface area contributed by atoms with Gasteiger partial charge in [0, 0.05) is 16.7 Å². The van der Waals surface area contributed by atoms with Gasteiger partial charge in [-0.1, -0.05) is 24.6 Å². The van der Waals surface area contributed by atoms with Crippen LogP contribution in [0, 0.1) is 12.8 Å². The Labute approximate surface area is 110 Å². The van der Waals surface area contributed by atoms with Gasteiger partial charge < -0.3 is 4.90 Å². The first kappa shape index (κ1) is 13.0. The van der Waals surface area contributed by atoms with Crippen LogP contribution in [-0.4, -0.2) is 30.3 Å². The fourth-order valence-corrected chi connectivity index (χ4v) is 3.95. The van der Waals surface area contributed by atoms with Crippen LogP contribution in [0.25, 0.3) is 0 Å². The summed E-state index contributed by atoms with van der Waals surface area (Å²) in [5.74, 6) is 0.785. The lowest BCUT2D eigenvalue weighted by Crippen LogP contribution is -2.26. The van der Waals surface area contributed by atoms with Gasteiger partial charge in [-0.05, 0) is 51.4 Å². The molecule has 0 radical (unpaired) electrons. The van der Waals surface area contributed by atoms with E-state index in [0.29, 0.717) is 0 Å². The Morgan fingerprint density at radius 1 is 1.35 bits per heavy atom. The molecule has 0 saturated carbocycles. The summed E-state index contributed by atoms with van der Waals surface area (Å²) in [6.07, 6.45) is 2.69. The maximum absolute atomic E-state index is 2.47. The monoisotopic (exact) mass is 249 g/mol. The highest BCUT2D eigenvalue weighted by Crippen LogP contribution is 2.33. The van der Waals surface area contributed by atoms with E-state index in [-0.39, 0.29) is 0 Å². The maximum Gasteiger partial charge on any atom is 0.0133 e. The van der Waals surface area contributed by atoms with Crippen molar-refractivity contribution in [3.63, 3.8) is 0 Å². The van der Waals surface area contributed by atoms with Crippen molar-refractivity contribution in [1.29, 1.82) is 0 Å². The molecular weight excluding hydrogens is 226 g/mol. The van der Waals surface area contributed by atoms with E-state index in [4.69, 9.17) is 0 Å². The molecule has 0 N–H and O–H groups in total. The van der Waals surface area contributed by atoms with Crippen LogP contribution < -0.4 is 0 Å². The highest BCUT2D eigenvalue weighted by molar-refractivity contribution is 8.00. The van der Waals surface area contributed by atoms with Gasteiger partial charge in [0.15, 0.2) is 0 Å². The number of likely N-dealkylation sites (tertiary alicyclic amines) is 1. The molecule has 1 nitrogen and oxygen atoms in total. The summed E-state index contributed by atoms with van der Waals surface area (Å²) >= 11 is 2.08. The van der Waals surface area contributed by atoms with Gasteiger partial charge in [-0.2, -0.15) is 0 Å². The summed E-state index contributed by atoms with van der Waals surface area (Å²) in [4.78, 5) is 3.91. The second-order valence-electron chi connectivity index (χ2n) is 5.35. The zero-order valence-electron chi connectivity index (χ0n) is 11.1. The number of thioether (sulfide) groups is 1. The van der Waals surface area contributed by atoms with Crippen LogP contribution >= 0.6 is 11.8 Å². The van der Waals surface area contributed by atoms with Crippen LogP contribution in [0.5, 0.6) is 0 Å². The van der Waals surface area contributed by atoms with Crippen molar-refractivity contribution in [2.75, 3.05) is 20.1 Å². The van der Waals surface area contributed by atoms with E-state index in [1.54, 1.807) is 0 Å². The van der Waals surface area contributed by atoms with E-state index in [0.717, 1.165) is 11.2 Å². The van der Waals surface area contributed by atoms with Crippen LogP contribution in [0.1, 0.15) is 25.3 Å². The number of aryl methyl sites for hydroxylation is 1. The van der Waals surface area contributed by atoms with Crippen molar-refractivity contribution in [1.82, 2.24) is 4.90 Å². The molecule has 1 heterocycles. The number of hydrogen-bond donors (Lipinski definition) is 0. The first-order chi connectivity index (χ1) is 8.15. The van der Waals surface area contributed by atoms with E-state index < -0.39 is 0 Å². The number of benzene rings is 1. The van der Waals surface area contributed by atoms with Crippen LogP contribution in [0.15, 0.2) is 29.2 Å². The van der Waals surface area contributed by atoms with Crippen LogP contribution in [0.3, 0.4) is 0 Å². The molecule has 2 heteroatoms. The highest BCUT2D eigenvalue weighted by Gasteiger charge is 2.22. The third-order valence-electron chi connectivity index (χ3n) is 3.54. The second kappa shape index (κ2) is 5.92. The Kier molecular flexibility index (Phi) is 4.52. The Hall–Kier alpha value is -0.470. The van der Waals surface area contributed by atoms with Crippen molar-refractivity contribution in [3.8, 4) is 0 Å². The molecule has 2 atom stereocenters. The van der Waals surface area contributed by atoms with Crippen LogP contribution in [0.4, 0.5) is 0 Å². The van der Waals surface area contributed by atoms with E-state index >= 15 is 0 Å². The minimum absolute atomic E-state index is 0.779. The van der Waals surface area contributed by atoms with Gasteiger partial charge in [0.1, 0.15) is 0 Å². The molecule has 1 aliphatic rings. The summed E-state index contributed by atoms with van der Waals surface area (Å²) in [6, 6.07) is 8.91. The quantitative estimate of drug-likeness (QED) is 0.784. The minimum atomic E-state index is 0.779. The van der Waals surface area contributed by atoms with E-state index in [2.05, 4.69) is 61.8 Å². The van der Waals surface area contributed by atoms with Gasteiger partial charge in [0.25, 0.3) is 0 Å². The molecule has 0 bridgehead atoms. The van der Waals surface area contributed by atoms with E-state index in [1.807, 2.05) is 0 Å². The number of rotatable bonds is 2. The topological polar surface area (TPSA) is 3.24 Å². The molecule has 1 fully saturated rings. The molecule has 0 amide bonds.